The van der Waals surface area contributed by atoms with E-state index in [0.29, 0.717) is 12.1 Å². The first-order valence-corrected chi connectivity index (χ1v) is 11.6. The molecule has 3 aromatic rings. The Morgan fingerprint density at radius 2 is 1.71 bits per heavy atom. The second-order valence-corrected chi connectivity index (χ2v) is 10.2. The molecule has 1 N–H and O–H groups in total. The number of nitrogens with one attached hydrogen (secondary N) is 1. The van der Waals surface area contributed by atoms with E-state index in [2.05, 4.69) is 31.2 Å². The van der Waals surface area contributed by atoms with Gasteiger partial charge >= 0.3 is 6.03 Å². The van der Waals surface area contributed by atoms with E-state index in [1.165, 1.54) is 4.90 Å². The van der Waals surface area contributed by atoms with Crippen molar-refractivity contribution in [2.24, 2.45) is 0 Å². The fourth-order valence-electron chi connectivity index (χ4n) is 4.12. The minimum Gasteiger partial charge on any atom is -0.340 e. The number of imide groups is 1. The number of carbonyl (C=O) groups is 3. The summed E-state index contributed by atoms with van der Waals surface area (Å²) in [4.78, 5) is 41.3. The van der Waals surface area contributed by atoms with Gasteiger partial charge in [-0.25, -0.2) is 9.48 Å². The van der Waals surface area contributed by atoms with E-state index >= 15 is 0 Å². The minimum atomic E-state index is -1.22. The summed E-state index contributed by atoms with van der Waals surface area (Å²) in [5.74, 6) is -0.780. The average Bonchev–Trinajstić information content (AvgIpc) is 3.38. The Labute approximate surface area is 205 Å². The molecule has 0 aliphatic carbocycles. The van der Waals surface area contributed by atoms with Gasteiger partial charge in [0.1, 0.15) is 12.1 Å². The van der Waals surface area contributed by atoms with Crippen LogP contribution >= 0.6 is 0 Å². The van der Waals surface area contributed by atoms with Gasteiger partial charge in [-0.05, 0) is 35.6 Å². The van der Waals surface area contributed by atoms with Crippen molar-refractivity contribution in [2.45, 2.75) is 45.2 Å². The lowest BCUT2D eigenvalue weighted by Crippen LogP contribution is -2.43. The Kier molecular flexibility index (Phi) is 6.23. The first-order valence-electron chi connectivity index (χ1n) is 11.6. The van der Waals surface area contributed by atoms with Crippen molar-refractivity contribution in [3.8, 4) is 5.69 Å². The third-order valence-corrected chi connectivity index (χ3v) is 6.40. The molecule has 8 heteroatoms. The minimum absolute atomic E-state index is 0.0248. The molecule has 35 heavy (non-hydrogen) atoms. The maximum absolute atomic E-state index is 13.3. The lowest BCUT2D eigenvalue weighted by molar-refractivity contribution is -0.138. The third-order valence-electron chi connectivity index (χ3n) is 6.40. The van der Waals surface area contributed by atoms with E-state index in [0.717, 1.165) is 21.7 Å². The number of hydrogen-bond donors (Lipinski definition) is 1. The second-order valence-electron chi connectivity index (χ2n) is 10.2. The molecule has 0 saturated carbocycles. The Hall–Kier alpha value is -3.94. The van der Waals surface area contributed by atoms with Gasteiger partial charge in [-0.15, -0.1) is 0 Å². The number of carbonyl (C=O) groups excluding carboxylic acids is 3. The smallest absolute Gasteiger partial charge is 0.325 e. The van der Waals surface area contributed by atoms with Crippen LogP contribution in [-0.2, 0) is 27.1 Å². The molecule has 1 aliphatic rings. The van der Waals surface area contributed by atoms with E-state index in [-0.39, 0.29) is 17.9 Å². The summed E-state index contributed by atoms with van der Waals surface area (Å²) in [6, 6.07) is 16.8. The summed E-state index contributed by atoms with van der Waals surface area (Å²) in [6.07, 6.45) is 3.55. The zero-order valence-electron chi connectivity index (χ0n) is 20.8. The molecule has 1 fully saturated rings. The molecule has 182 valence electrons. The van der Waals surface area contributed by atoms with E-state index in [9.17, 15) is 14.4 Å². The molecule has 0 bridgehead atoms. The molecule has 1 aliphatic heterocycles. The number of para-hydroxylation sites is 1. The summed E-state index contributed by atoms with van der Waals surface area (Å²) in [5.41, 5.74) is 2.32. The standard InChI is InChI=1S/C27H31N5O3/c1-26(2,3)20-11-13-21(14-12-20)27(4)24(34)31(25(35)29-27)18-23(33)30(5)16-19-15-28-32(17-19)22-9-7-6-8-10-22/h6-15,17H,16,18H2,1-5H3,(H,29,35)/t27-/m1/s1. The highest BCUT2D eigenvalue weighted by Crippen LogP contribution is 2.31. The van der Waals surface area contributed by atoms with Crippen LogP contribution in [0.4, 0.5) is 4.79 Å². The number of hydrogen-bond acceptors (Lipinski definition) is 4. The van der Waals surface area contributed by atoms with Crippen molar-refractivity contribution in [1.29, 1.82) is 0 Å². The first kappa shape index (κ1) is 24.2. The molecule has 0 spiro atoms. The number of benzene rings is 2. The second kappa shape index (κ2) is 9.02. The van der Waals surface area contributed by atoms with Crippen LogP contribution < -0.4 is 5.32 Å². The van der Waals surface area contributed by atoms with Gasteiger partial charge in [-0.3, -0.25) is 14.5 Å². The van der Waals surface area contributed by atoms with Gasteiger partial charge in [0.25, 0.3) is 5.91 Å². The maximum atomic E-state index is 13.3. The summed E-state index contributed by atoms with van der Waals surface area (Å²) in [6.45, 7) is 7.99. The monoisotopic (exact) mass is 473 g/mol. The average molecular weight is 474 g/mol. The van der Waals surface area contributed by atoms with Crippen molar-refractivity contribution >= 4 is 17.8 Å². The zero-order valence-corrected chi connectivity index (χ0v) is 20.8. The van der Waals surface area contributed by atoms with Crippen LogP contribution in [0, 0.1) is 0 Å². The fraction of sp³-hybridized carbons (Fsp3) is 0.333. The quantitative estimate of drug-likeness (QED) is 0.554. The fourth-order valence-corrected chi connectivity index (χ4v) is 4.12. The van der Waals surface area contributed by atoms with Crippen LogP contribution in [0.2, 0.25) is 0 Å². The van der Waals surface area contributed by atoms with E-state index in [1.807, 2.05) is 60.8 Å². The molecule has 0 unspecified atom stereocenters. The Balaban J connectivity index is 1.42. The normalized spacial score (nSPS) is 18.0. The molecule has 2 heterocycles. The Morgan fingerprint density at radius 1 is 1.06 bits per heavy atom. The number of amides is 4. The van der Waals surface area contributed by atoms with Crippen LogP contribution in [0.15, 0.2) is 67.0 Å². The van der Waals surface area contributed by atoms with E-state index < -0.39 is 17.5 Å². The van der Waals surface area contributed by atoms with Gasteiger partial charge in [0.2, 0.25) is 5.91 Å². The molecular formula is C27H31N5O3. The maximum Gasteiger partial charge on any atom is 0.325 e. The Morgan fingerprint density at radius 3 is 2.34 bits per heavy atom. The number of urea groups is 1. The third kappa shape index (κ3) is 4.82. The molecule has 4 rings (SSSR count). The Bertz CT molecular complexity index is 1240. The van der Waals surface area contributed by atoms with Crippen molar-refractivity contribution in [2.75, 3.05) is 13.6 Å². The van der Waals surface area contributed by atoms with Crippen molar-refractivity contribution < 1.29 is 14.4 Å². The van der Waals surface area contributed by atoms with Crippen LogP contribution in [0.5, 0.6) is 0 Å². The molecule has 1 atom stereocenters. The van der Waals surface area contributed by atoms with Gasteiger partial charge in [-0.1, -0.05) is 63.2 Å². The molecular weight excluding hydrogens is 442 g/mol. The molecule has 4 amide bonds. The summed E-state index contributed by atoms with van der Waals surface area (Å²) >= 11 is 0. The van der Waals surface area contributed by atoms with Crippen LogP contribution in [0.3, 0.4) is 0 Å². The van der Waals surface area contributed by atoms with Crippen molar-refractivity contribution in [3.05, 3.63) is 83.7 Å². The van der Waals surface area contributed by atoms with E-state index in [4.69, 9.17) is 0 Å². The predicted octanol–water partition coefficient (Wildman–Crippen LogP) is 3.60. The molecule has 1 aromatic heterocycles. The summed E-state index contributed by atoms with van der Waals surface area (Å²) < 4.78 is 1.74. The predicted molar refractivity (Wildman–Crippen MR) is 133 cm³/mol. The number of aromatic nitrogens is 2. The van der Waals surface area contributed by atoms with Gasteiger partial charge in [0.15, 0.2) is 0 Å². The van der Waals surface area contributed by atoms with Crippen molar-refractivity contribution in [1.82, 2.24) is 24.9 Å². The molecule has 8 nitrogen and oxygen atoms in total. The van der Waals surface area contributed by atoms with E-state index in [1.54, 1.807) is 24.9 Å². The molecule has 2 aromatic carbocycles. The number of rotatable bonds is 6. The topological polar surface area (TPSA) is 87.5 Å². The SMILES string of the molecule is CN(Cc1cnn(-c2ccccc2)c1)C(=O)CN1C(=O)N[C@](C)(c2ccc(C(C)(C)C)cc2)C1=O. The molecule has 1 saturated heterocycles. The lowest BCUT2D eigenvalue weighted by Gasteiger charge is -2.25. The highest BCUT2D eigenvalue weighted by atomic mass is 16.2. The van der Waals surface area contributed by atoms with Crippen LogP contribution in [0.1, 0.15) is 44.4 Å². The van der Waals surface area contributed by atoms with Gasteiger partial charge in [0.05, 0.1) is 11.9 Å². The van der Waals surface area contributed by atoms with Crippen LogP contribution in [-0.4, -0.2) is 51.0 Å². The number of nitrogens with zero attached hydrogens (tertiary/aromatic N) is 4. The highest BCUT2D eigenvalue weighted by molar-refractivity contribution is 6.09. The van der Waals surface area contributed by atoms with Crippen molar-refractivity contribution in [3.63, 3.8) is 0 Å². The molecule has 0 radical (unpaired) electrons. The summed E-state index contributed by atoms with van der Waals surface area (Å²) in [7, 11) is 1.64. The van der Waals surface area contributed by atoms with Gasteiger partial charge in [-0.2, -0.15) is 5.10 Å². The summed E-state index contributed by atoms with van der Waals surface area (Å²) in [5, 5.41) is 7.12. The van der Waals surface area contributed by atoms with Gasteiger partial charge in [0, 0.05) is 25.4 Å². The van der Waals surface area contributed by atoms with Gasteiger partial charge < -0.3 is 10.2 Å². The largest absolute Gasteiger partial charge is 0.340 e. The first-order chi connectivity index (χ1) is 16.5. The van der Waals surface area contributed by atoms with Crippen LogP contribution in [0.25, 0.3) is 5.69 Å². The number of likely N-dealkylation sites (N-methyl/N-ethyl adjacent to an activating group) is 1. The zero-order chi connectivity index (χ0) is 25.4. The lowest BCUT2D eigenvalue weighted by atomic mass is 9.84. The highest BCUT2D eigenvalue weighted by Gasteiger charge is 2.49.